The fourth-order valence-electron chi connectivity index (χ4n) is 4.07. The molecule has 0 radical (unpaired) electrons. The number of hydrogen-bond acceptors (Lipinski definition) is 8. The minimum absolute atomic E-state index is 0.133. The second-order valence-electron chi connectivity index (χ2n) is 7.96. The number of rotatable bonds is 9. The summed E-state index contributed by atoms with van der Waals surface area (Å²) < 4.78 is 35.9. The zero-order chi connectivity index (χ0) is 24.1. The van der Waals surface area contributed by atoms with Crippen LogP contribution < -0.4 is 19.5 Å². The molecule has 1 aromatic heterocycles. The quantitative estimate of drug-likeness (QED) is 0.332. The molecule has 2 N–H and O–H groups in total. The maximum absolute atomic E-state index is 14.5. The van der Waals surface area contributed by atoms with Crippen LogP contribution >= 0.6 is 0 Å². The first-order chi connectivity index (χ1) is 16.5. The first-order valence-electron chi connectivity index (χ1n) is 11.3. The van der Waals surface area contributed by atoms with Gasteiger partial charge in [0, 0.05) is 25.7 Å². The maximum Gasteiger partial charge on any atom is 0.511 e. The van der Waals surface area contributed by atoms with Gasteiger partial charge in [-0.05, 0) is 56.5 Å². The van der Waals surface area contributed by atoms with E-state index in [0.717, 1.165) is 31.5 Å². The predicted octanol–water partition coefficient (Wildman–Crippen LogP) is 4.90. The summed E-state index contributed by atoms with van der Waals surface area (Å²) in [5, 5.41) is 12.2. The van der Waals surface area contributed by atoms with E-state index < -0.39 is 12.0 Å². The summed E-state index contributed by atoms with van der Waals surface area (Å²) in [6.45, 7) is 6.72. The SMILES string of the molecule is CCOc1cc(CN2CCC(Nc3nc4c(OC(=O)O)cccc4o3)CC2)cc(OCC)c1F. The number of nitrogens with zero attached hydrogens (tertiary/aromatic N) is 2. The number of likely N-dealkylation sites (tertiary alicyclic amines) is 1. The summed E-state index contributed by atoms with van der Waals surface area (Å²) >= 11 is 0. The molecule has 9 nitrogen and oxygen atoms in total. The van der Waals surface area contributed by atoms with Crippen molar-refractivity contribution in [2.75, 3.05) is 31.6 Å². The van der Waals surface area contributed by atoms with Crippen LogP contribution in [-0.2, 0) is 6.54 Å². The molecule has 4 rings (SSSR count). The first kappa shape index (κ1) is 23.6. The molecule has 1 aliphatic rings. The van der Waals surface area contributed by atoms with Gasteiger partial charge in [0.25, 0.3) is 6.01 Å². The normalized spacial score (nSPS) is 14.8. The molecule has 0 amide bonds. The zero-order valence-electron chi connectivity index (χ0n) is 19.2. The molecule has 34 heavy (non-hydrogen) atoms. The number of para-hydroxylation sites is 1. The molecule has 0 aliphatic carbocycles. The van der Waals surface area contributed by atoms with E-state index in [0.29, 0.717) is 36.9 Å². The average Bonchev–Trinajstić information content (AvgIpc) is 3.22. The number of aromatic nitrogens is 1. The number of nitrogens with one attached hydrogen (secondary N) is 1. The Morgan fingerprint density at radius 2 is 1.85 bits per heavy atom. The Kier molecular flexibility index (Phi) is 7.36. The Bertz CT molecular complexity index is 1120. The van der Waals surface area contributed by atoms with Crippen molar-refractivity contribution in [3.63, 3.8) is 0 Å². The molecular formula is C24H28FN3O6. The molecular weight excluding hydrogens is 445 g/mol. The Morgan fingerprint density at radius 3 is 2.47 bits per heavy atom. The number of carbonyl (C=O) groups is 1. The van der Waals surface area contributed by atoms with E-state index in [1.54, 1.807) is 24.3 Å². The average molecular weight is 474 g/mol. The van der Waals surface area contributed by atoms with E-state index in [4.69, 9.17) is 23.7 Å². The van der Waals surface area contributed by atoms with Gasteiger partial charge in [-0.15, -0.1) is 0 Å². The van der Waals surface area contributed by atoms with Crippen molar-refractivity contribution in [1.82, 2.24) is 9.88 Å². The molecule has 1 saturated heterocycles. The topological polar surface area (TPSA) is 106 Å². The van der Waals surface area contributed by atoms with E-state index in [1.165, 1.54) is 6.07 Å². The number of fused-ring (bicyclic) bond motifs is 1. The lowest BCUT2D eigenvalue weighted by Crippen LogP contribution is -2.38. The number of anilines is 1. The molecule has 10 heteroatoms. The van der Waals surface area contributed by atoms with Gasteiger partial charge in [0.1, 0.15) is 0 Å². The second kappa shape index (κ2) is 10.6. The Labute approximate surface area is 196 Å². The lowest BCUT2D eigenvalue weighted by Gasteiger charge is -2.32. The number of hydrogen-bond donors (Lipinski definition) is 2. The van der Waals surface area contributed by atoms with E-state index in [9.17, 15) is 9.18 Å². The van der Waals surface area contributed by atoms with Crippen molar-refractivity contribution in [1.29, 1.82) is 0 Å². The van der Waals surface area contributed by atoms with Gasteiger partial charge in [0.2, 0.25) is 5.82 Å². The third-order valence-electron chi connectivity index (χ3n) is 5.57. The highest BCUT2D eigenvalue weighted by Crippen LogP contribution is 2.31. The van der Waals surface area contributed by atoms with Crippen molar-refractivity contribution < 1.29 is 32.9 Å². The number of carboxylic acid groups (broad SMARTS) is 1. The van der Waals surface area contributed by atoms with Gasteiger partial charge < -0.3 is 29.1 Å². The van der Waals surface area contributed by atoms with Gasteiger partial charge in [-0.3, -0.25) is 4.90 Å². The summed E-state index contributed by atoms with van der Waals surface area (Å²) in [5.74, 6) is 0.0868. The monoisotopic (exact) mass is 473 g/mol. The van der Waals surface area contributed by atoms with Gasteiger partial charge in [0.05, 0.1) is 13.2 Å². The fourth-order valence-corrected chi connectivity index (χ4v) is 4.07. The largest absolute Gasteiger partial charge is 0.511 e. The third-order valence-corrected chi connectivity index (χ3v) is 5.57. The molecule has 1 fully saturated rings. The summed E-state index contributed by atoms with van der Waals surface area (Å²) in [4.78, 5) is 17.5. The fraction of sp³-hybridized carbons (Fsp3) is 0.417. The van der Waals surface area contributed by atoms with Crippen LogP contribution in [-0.4, -0.2) is 53.5 Å². The van der Waals surface area contributed by atoms with Crippen LogP contribution in [0, 0.1) is 5.82 Å². The van der Waals surface area contributed by atoms with Crippen molar-refractivity contribution >= 4 is 23.3 Å². The van der Waals surface area contributed by atoms with E-state index >= 15 is 0 Å². The van der Waals surface area contributed by atoms with Crippen LogP contribution in [0.15, 0.2) is 34.7 Å². The molecule has 0 bridgehead atoms. The molecule has 2 heterocycles. The summed E-state index contributed by atoms with van der Waals surface area (Å²) in [6.07, 6.45) is 0.310. The van der Waals surface area contributed by atoms with Gasteiger partial charge in [-0.1, -0.05) is 6.07 Å². The predicted molar refractivity (Wildman–Crippen MR) is 123 cm³/mol. The first-order valence-corrected chi connectivity index (χ1v) is 11.3. The highest BCUT2D eigenvalue weighted by molar-refractivity contribution is 5.83. The second-order valence-corrected chi connectivity index (χ2v) is 7.96. The van der Waals surface area contributed by atoms with Crippen LogP contribution in [0.5, 0.6) is 17.2 Å². The molecule has 0 unspecified atom stereocenters. The number of ether oxygens (including phenoxy) is 3. The van der Waals surface area contributed by atoms with Gasteiger partial charge in [0.15, 0.2) is 28.3 Å². The van der Waals surface area contributed by atoms with Crippen LogP contribution in [0.1, 0.15) is 32.3 Å². The van der Waals surface area contributed by atoms with E-state index in [2.05, 4.69) is 15.2 Å². The molecule has 182 valence electrons. The summed E-state index contributed by atoms with van der Waals surface area (Å²) in [6, 6.07) is 8.85. The van der Waals surface area contributed by atoms with Gasteiger partial charge in [-0.25, -0.2) is 4.79 Å². The van der Waals surface area contributed by atoms with Crippen LogP contribution in [0.4, 0.5) is 15.2 Å². The highest BCUT2D eigenvalue weighted by Gasteiger charge is 2.23. The summed E-state index contributed by atoms with van der Waals surface area (Å²) in [5.41, 5.74) is 1.74. The molecule has 0 saturated carbocycles. The lowest BCUT2D eigenvalue weighted by molar-refractivity contribution is 0.145. The van der Waals surface area contributed by atoms with Crippen molar-refractivity contribution in [3.05, 3.63) is 41.7 Å². The molecule has 0 spiro atoms. The molecule has 0 atom stereocenters. The van der Waals surface area contributed by atoms with Crippen LogP contribution in [0.25, 0.3) is 11.1 Å². The Hall–Kier alpha value is -3.53. The number of benzene rings is 2. The minimum atomic E-state index is -1.40. The molecule has 3 aromatic rings. The van der Waals surface area contributed by atoms with Crippen LogP contribution in [0.3, 0.4) is 0 Å². The number of halogens is 1. The molecule has 1 aliphatic heterocycles. The van der Waals surface area contributed by atoms with Crippen LogP contribution in [0.2, 0.25) is 0 Å². The maximum atomic E-state index is 14.5. The smallest absolute Gasteiger partial charge is 0.491 e. The standard InChI is InChI=1S/C24H28FN3O6/c1-3-31-19-12-15(13-20(21(19)25)32-4-2)14-28-10-8-16(9-11-28)26-23-27-22-17(33-23)6-5-7-18(22)34-24(29)30/h5-7,12-13,16H,3-4,8-11,14H2,1-2H3,(H,26,27)(H,29,30). The van der Waals surface area contributed by atoms with Gasteiger partial charge >= 0.3 is 6.16 Å². The minimum Gasteiger partial charge on any atom is -0.491 e. The summed E-state index contributed by atoms with van der Waals surface area (Å²) in [7, 11) is 0. The third kappa shape index (κ3) is 5.51. The van der Waals surface area contributed by atoms with E-state index in [-0.39, 0.29) is 23.3 Å². The molecule has 2 aromatic carbocycles. The zero-order valence-corrected chi connectivity index (χ0v) is 19.2. The Morgan fingerprint density at radius 1 is 1.18 bits per heavy atom. The highest BCUT2D eigenvalue weighted by atomic mass is 19.1. The van der Waals surface area contributed by atoms with Crippen molar-refractivity contribution in [2.45, 2.75) is 39.3 Å². The van der Waals surface area contributed by atoms with E-state index in [1.807, 2.05) is 13.8 Å². The Balaban J connectivity index is 1.37. The van der Waals surface area contributed by atoms with Crippen molar-refractivity contribution in [2.24, 2.45) is 0 Å². The van der Waals surface area contributed by atoms with Gasteiger partial charge in [-0.2, -0.15) is 9.37 Å². The number of oxazole rings is 1. The van der Waals surface area contributed by atoms with Crippen molar-refractivity contribution in [3.8, 4) is 17.2 Å². The lowest BCUT2D eigenvalue weighted by atomic mass is 10.0. The number of piperidine rings is 1.